The van der Waals surface area contributed by atoms with Gasteiger partial charge >= 0.3 is 0 Å². The molecule has 0 heterocycles. The van der Waals surface area contributed by atoms with Crippen molar-refractivity contribution in [1.29, 1.82) is 0 Å². The van der Waals surface area contributed by atoms with Gasteiger partial charge < -0.3 is 20.1 Å². The third-order valence-electron chi connectivity index (χ3n) is 5.50. The molecule has 4 aromatic carbocycles. The maximum Gasteiger partial charge on any atom is 0.255 e. The van der Waals surface area contributed by atoms with Gasteiger partial charge in [0.05, 0.1) is 32.0 Å². The SMILES string of the molecule is COc1cccc(CC(=O)Nc2cc(OC)ccc2NC(=O)c2ccc(-c3ccccc3)cc2)c1. The van der Waals surface area contributed by atoms with Gasteiger partial charge in [0.2, 0.25) is 5.91 Å². The Kier molecular flexibility index (Phi) is 7.43. The fourth-order valence-corrected chi connectivity index (χ4v) is 3.66. The van der Waals surface area contributed by atoms with Crippen LogP contribution in [0.25, 0.3) is 11.1 Å². The Morgan fingerprint density at radius 1 is 0.657 bits per heavy atom. The lowest BCUT2D eigenvalue weighted by atomic mass is 10.0. The lowest BCUT2D eigenvalue weighted by Crippen LogP contribution is -2.18. The fraction of sp³-hybridized carbons (Fsp3) is 0.103. The Morgan fingerprint density at radius 2 is 1.34 bits per heavy atom. The molecule has 176 valence electrons. The van der Waals surface area contributed by atoms with Crippen LogP contribution >= 0.6 is 0 Å². The number of nitrogens with one attached hydrogen (secondary N) is 2. The number of carbonyl (C=O) groups is 2. The molecule has 0 aliphatic rings. The summed E-state index contributed by atoms with van der Waals surface area (Å²) in [5.74, 6) is 0.738. The normalized spacial score (nSPS) is 10.3. The Morgan fingerprint density at radius 3 is 2.06 bits per heavy atom. The van der Waals surface area contributed by atoms with Gasteiger partial charge in [-0.1, -0.05) is 54.6 Å². The van der Waals surface area contributed by atoms with E-state index in [1.54, 1.807) is 44.6 Å². The summed E-state index contributed by atoms with van der Waals surface area (Å²) in [4.78, 5) is 25.7. The second-order valence-corrected chi connectivity index (χ2v) is 7.89. The topological polar surface area (TPSA) is 76.7 Å². The maximum absolute atomic E-state index is 12.9. The summed E-state index contributed by atoms with van der Waals surface area (Å²) >= 11 is 0. The van der Waals surface area contributed by atoms with E-state index in [1.165, 1.54) is 0 Å². The maximum atomic E-state index is 12.9. The Bertz CT molecular complexity index is 1320. The number of anilines is 2. The number of amides is 2. The average Bonchev–Trinajstić information content (AvgIpc) is 2.90. The average molecular weight is 467 g/mol. The van der Waals surface area contributed by atoms with Gasteiger partial charge in [0.25, 0.3) is 5.91 Å². The molecule has 35 heavy (non-hydrogen) atoms. The third kappa shape index (κ3) is 6.06. The minimum absolute atomic E-state index is 0.156. The van der Waals surface area contributed by atoms with Gasteiger partial charge in [0.1, 0.15) is 11.5 Å². The van der Waals surface area contributed by atoms with E-state index in [0.717, 1.165) is 16.7 Å². The molecule has 0 radical (unpaired) electrons. The van der Waals surface area contributed by atoms with Crippen molar-refractivity contribution in [2.24, 2.45) is 0 Å². The summed E-state index contributed by atoms with van der Waals surface area (Å²) in [6, 6.07) is 29.8. The molecule has 0 spiro atoms. The number of carbonyl (C=O) groups excluding carboxylic acids is 2. The van der Waals surface area contributed by atoms with Crippen molar-refractivity contribution in [3.05, 3.63) is 108 Å². The van der Waals surface area contributed by atoms with Crippen LogP contribution in [0.15, 0.2) is 97.1 Å². The van der Waals surface area contributed by atoms with Crippen LogP contribution in [0.1, 0.15) is 15.9 Å². The molecule has 4 rings (SSSR count). The Balaban J connectivity index is 1.49. The molecule has 2 N–H and O–H groups in total. The van der Waals surface area contributed by atoms with Crippen molar-refractivity contribution in [2.45, 2.75) is 6.42 Å². The summed E-state index contributed by atoms with van der Waals surface area (Å²) in [5.41, 5.74) is 4.35. The second kappa shape index (κ2) is 11.0. The van der Waals surface area contributed by atoms with Gasteiger partial charge in [-0.3, -0.25) is 9.59 Å². The quantitative estimate of drug-likeness (QED) is 0.344. The molecule has 0 bridgehead atoms. The smallest absolute Gasteiger partial charge is 0.255 e. The first-order valence-electron chi connectivity index (χ1n) is 11.1. The van der Waals surface area contributed by atoms with Crippen LogP contribution in [0.2, 0.25) is 0 Å². The lowest BCUT2D eigenvalue weighted by molar-refractivity contribution is -0.115. The zero-order valence-corrected chi connectivity index (χ0v) is 19.6. The molecule has 0 saturated heterocycles. The Labute approximate surface area is 204 Å². The van der Waals surface area contributed by atoms with Crippen LogP contribution in [-0.4, -0.2) is 26.0 Å². The van der Waals surface area contributed by atoms with E-state index >= 15 is 0 Å². The van der Waals surface area contributed by atoms with Crippen LogP contribution in [0.4, 0.5) is 11.4 Å². The van der Waals surface area contributed by atoms with Crippen molar-refractivity contribution >= 4 is 23.2 Å². The zero-order valence-electron chi connectivity index (χ0n) is 19.6. The molecule has 0 fully saturated rings. The molecular formula is C29H26N2O4. The summed E-state index contributed by atoms with van der Waals surface area (Å²) in [7, 11) is 3.13. The van der Waals surface area contributed by atoms with Crippen molar-refractivity contribution < 1.29 is 19.1 Å². The van der Waals surface area contributed by atoms with Gasteiger partial charge in [-0.2, -0.15) is 0 Å². The minimum Gasteiger partial charge on any atom is -0.497 e. The first-order chi connectivity index (χ1) is 17.1. The fourth-order valence-electron chi connectivity index (χ4n) is 3.66. The van der Waals surface area contributed by atoms with E-state index in [9.17, 15) is 9.59 Å². The summed E-state index contributed by atoms with van der Waals surface area (Å²) in [5, 5.41) is 5.78. The van der Waals surface area contributed by atoms with Crippen LogP contribution < -0.4 is 20.1 Å². The number of rotatable bonds is 8. The van der Waals surface area contributed by atoms with Crippen LogP contribution in [-0.2, 0) is 11.2 Å². The molecule has 4 aromatic rings. The molecule has 2 amide bonds. The van der Waals surface area contributed by atoms with Gasteiger partial charge in [-0.05, 0) is 53.1 Å². The molecular weight excluding hydrogens is 440 g/mol. The van der Waals surface area contributed by atoms with Gasteiger partial charge in [0.15, 0.2) is 0 Å². The number of hydrogen-bond acceptors (Lipinski definition) is 4. The van der Waals surface area contributed by atoms with E-state index in [1.807, 2.05) is 66.7 Å². The molecule has 0 aromatic heterocycles. The summed E-state index contributed by atoms with van der Waals surface area (Å²) in [6.07, 6.45) is 0.156. The number of benzene rings is 4. The molecule has 6 heteroatoms. The monoisotopic (exact) mass is 466 g/mol. The highest BCUT2D eigenvalue weighted by Crippen LogP contribution is 2.28. The molecule has 0 aliphatic carbocycles. The third-order valence-corrected chi connectivity index (χ3v) is 5.50. The number of hydrogen-bond donors (Lipinski definition) is 2. The van der Waals surface area contributed by atoms with E-state index in [0.29, 0.717) is 28.4 Å². The van der Waals surface area contributed by atoms with E-state index in [-0.39, 0.29) is 18.2 Å². The zero-order chi connectivity index (χ0) is 24.6. The van der Waals surface area contributed by atoms with Crippen molar-refractivity contribution in [1.82, 2.24) is 0 Å². The van der Waals surface area contributed by atoms with Crippen LogP contribution in [0.5, 0.6) is 11.5 Å². The minimum atomic E-state index is -0.280. The molecule has 6 nitrogen and oxygen atoms in total. The van der Waals surface area contributed by atoms with E-state index in [2.05, 4.69) is 10.6 Å². The van der Waals surface area contributed by atoms with Gasteiger partial charge in [0, 0.05) is 11.6 Å². The van der Waals surface area contributed by atoms with Crippen LogP contribution in [0, 0.1) is 0 Å². The number of ether oxygens (including phenoxy) is 2. The first kappa shape index (κ1) is 23.6. The summed E-state index contributed by atoms with van der Waals surface area (Å²) < 4.78 is 10.5. The van der Waals surface area contributed by atoms with Crippen molar-refractivity contribution in [3.8, 4) is 22.6 Å². The summed E-state index contributed by atoms with van der Waals surface area (Å²) in [6.45, 7) is 0. The first-order valence-corrected chi connectivity index (χ1v) is 11.1. The van der Waals surface area contributed by atoms with Crippen molar-refractivity contribution in [3.63, 3.8) is 0 Å². The lowest BCUT2D eigenvalue weighted by Gasteiger charge is -2.14. The van der Waals surface area contributed by atoms with E-state index < -0.39 is 0 Å². The predicted octanol–water partition coefficient (Wildman–Crippen LogP) is 5.80. The molecule has 0 aliphatic heterocycles. The van der Waals surface area contributed by atoms with Gasteiger partial charge in [-0.25, -0.2) is 0 Å². The predicted molar refractivity (Wildman–Crippen MR) is 138 cm³/mol. The van der Waals surface area contributed by atoms with E-state index in [4.69, 9.17) is 9.47 Å². The Hall–Kier alpha value is -4.58. The highest BCUT2D eigenvalue weighted by atomic mass is 16.5. The molecule has 0 atom stereocenters. The number of methoxy groups -OCH3 is 2. The standard InChI is InChI=1S/C29H26N2O4/c1-34-24-10-6-7-20(17-24)18-28(32)30-27-19-25(35-2)15-16-26(27)31-29(33)23-13-11-22(12-14-23)21-8-4-3-5-9-21/h3-17,19H,18H2,1-2H3,(H,30,32)(H,31,33). The highest BCUT2D eigenvalue weighted by molar-refractivity contribution is 6.07. The highest BCUT2D eigenvalue weighted by Gasteiger charge is 2.14. The van der Waals surface area contributed by atoms with Gasteiger partial charge in [-0.15, -0.1) is 0 Å². The molecule has 0 saturated carbocycles. The van der Waals surface area contributed by atoms with Crippen LogP contribution in [0.3, 0.4) is 0 Å². The second-order valence-electron chi connectivity index (χ2n) is 7.89. The molecule has 0 unspecified atom stereocenters. The largest absolute Gasteiger partial charge is 0.497 e. The van der Waals surface area contributed by atoms with Crippen molar-refractivity contribution in [2.75, 3.05) is 24.9 Å².